The fourth-order valence-corrected chi connectivity index (χ4v) is 0.637. The summed E-state index contributed by atoms with van der Waals surface area (Å²) in [5, 5.41) is 0. The first-order chi connectivity index (χ1) is 4.57. The van der Waals surface area contributed by atoms with E-state index in [4.69, 9.17) is 1.41 Å². The zero-order valence-electron chi connectivity index (χ0n) is 7.27. The van der Waals surface area contributed by atoms with Crippen molar-refractivity contribution in [3.05, 3.63) is 0 Å². The van der Waals surface area contributed by atoms with Crippen molar-refractivity contribution in [2.24, 2.45) is 11.6 Å². The summed E-state index contributed by atoms with van der Waals surface area (Å²) in [6.07, 6.45) is 0.749. The lowest BCUT2D eigenvalue weighted by Gasteiger charge is -2.08. The van der Waals surface area contributed by atoms with Crippen molar-refractivity contribution < 1.29 is 6.21 Å². The average Bonchev–Trinajstić information content (AvgIpc) is 1.81. The maximum absolute atomic E-state index is 10.7. The summed E-state index contributed by atoms with van der Waals surface area (Å²) in [5.74, 6) is 0.510. The molecule has 0 amide bonds. The van der Waals surface area contributed by atoms with Crippen molar-refractivity contribution in [1.29, 1.82) is 0 Å². The van der Waals surface area contributed by atoms with Crippen LogP contribution in [0, 0.1) is 5.92 Å². The fourth-order valence-electron chi connectivity index (χ4n) is 0.637. The maximum Gasteiger partial charge on any atom is 0.146 e. The highest BCUT2D eigenvalue weighted by molar-refractivity contribution is 5.81. The van der Waals surface area contributed by atoms with Crippen molar-refractivity contribution in [3.63, 3.8) is 0 Å². The largest absolute Gasteiger partial charge is 0.322 e. The van der Waals surface area contributed by atoms with Gasteiger partial charge in [-0.15, -0.1) is 0 Å². The Morgan fingerprint density at radius 3 is 2.44 bits per heavy atom. The van der Waals surface area contributed by atoms with Crippen molar-refractivity contribution >= 4 is 5.78 Å². The Bertz CT molecular complexity index is 114. The minimum atomic E-state index is -0.278. The minimum Gasteiger partial charge on any atom is -0.322 e. The van der Waals surface area contributed by atoms with E-state index in [2.05, 4.69) is 5.73 Å². The number of rotatable bonds is 4. The van der Waals surface area contributed by atoms with Gasteiger partial charge in [-0.2, -0.15) is 0 Å². The summed E-state index contributed by atoms with van der Waals surface area (Å²) >= 11 is 0. The molecule has 0 heterocycles. The highest BCUT2D eigenvalue weighted by Gasteiger charge is 2.08. The summed E-state index contributed by atoms with van der Waals surface area (Å²) in [7, 11) is 0. The normalized spacial score (nSPS) is 15.3. The van der Waals surface area contributed by atoms with E-state index in [-0.39, 0.29) is 11.8 Å². The molecule has 54 valence electrons. The van der Waals surface area contributed by atoms with Crippen molar-refractivity contribution in [2.45, 2.75) is 33.2 Å². The van der Waals surface area contributed by atoms with Crippen LogP contribution in [-0.4, -0.2) is 11.8 Å². The highest BCUT2D eigenvalue weighted by atomic mass is 16.1. The van der Waals surface area contributed by atoms with Crippen LogP contribution in [0.1, 0.15) is 27.2 Å². The fraction of sp³-hybridized carbons (Fsp3) is 0.857. The Kier molecular flexibility index (Phi) is 2.71. The number of carbonyl (C=O) groups excluding carboxylic acids is 1. The van der Waals surface area contributed by atoms with Crippen molar-refractivity contribution in [2.75, 3.05) is 0 Å². The lowest BCUT2D eigenvalue weighted by atomic mass is 10.0. The molecule has 2 N–H and O–H groups in total. The van der Waals surface area contributed by atoms with Crippen LogP contribution in [0.3, 0.4) is 0 Å². The highest BCUT2D eigenvalue weighted by Crippen LogP contribution is 2.02. The van der Waals surface area contributed by atoms with Gasteiger partial charge in [-0.25, -0.2) is 0 Å². The Morgan fingerprint density at radius 2 is 2.33 bits per heavy atom. The molecule has 0 rings (SSSR count). The van der Waals surface area contributed by atoms with Gasteiger partial charge in [-0.05, 0) is 19.3 Å². The van der Waals surface area contributed by atoms with E-state index in [1.165, 1.54) is 6.92 Å². The molecule has 0 radical (unpaired) electrons. The Hall–Kier alpha value is -0.370. The van der Waals surface area contributed by atoms with Crippen LogP contribution in [0.4, 0.5) is 0 Å². The monoisotopic (exact) mass is 130 g/mol. The summed E-state index contributed by atoms with van der Waals surface area (Å²) in [5.41, 5.74) is 2.23. The van der Waals surface area contributed by atoms with Crippen LogP contribution in [0.2, 0.25) is 1.41 Å². The number of hydrogen-bond acceptors (Lipinski definition) is 2. The number of hydrogen-bond donors (Lipinski definition) is 1. The number of ketones is 1. The molecule has 0 aromatic carbocycles. The molecular formula is C7H15NO. The molecule has 0 aliphatic rings. The third kappa shape index (κ3) is 4.15. The molecule has 0 saturated heterocycles. The molecule has 0 aromatic rings. The zero-order chi connectivity index (χ0) is 8.15. The van der Waals surface area contributed by atoms with E-state index in [9.17, 15) is 4.79 Å². The molecule has 0 bridgehead atoms. The first kappa shape index (κ1) is 6.75. The molecule has 2 heteroatoms. The molecule has 0 aliphatic heterocycles. The van der Waals surface area contributed by atoms with Crippen LogP contribution in [0.5, 0.6) is 0 Å². The molecule has 9 heavy (non-hydrogen) atoms. The molecular weight excluding hydrogens is 114 g/mol. The smallest absolute Gasteiger partial charge is 0.146 e. The third-order valence-corrected chi connectivity index (χ3v) is 1.20. The standard InChI is InChI=1S/C7H15NO/c1-5(2)4-7(8)6(3)9/h5,7H,4,8H2,1-3H3/i/hD. The van der Waals surface area contributed by atoms with Crippen molar-refractivity contribution in [3.8, 4) is 0 Å². The van der Waals surface area contributed by atoms with Crippen LogP contribution in [0.25, 0.3) is 0 Å². The minimum absolute atomic E-state index is 0.0451. The predicted octanol–water partition coefficient (Wildman–Crippen LogP) is 0.949. The molecule has 0 saturated carbocycles. The van der Waals surface area contributed by atoms with E-state index in [1.54, 1.807) is 0 Å². The van der Waals surface area contributed by atoms with E-state index in [1.807, 2.05) is 13.8 Å². The lowest BCUT2D eigenvalue weighted by molar-refractivity contribution is -0.118. The molecule has 0 aromatic heterocycles. The number of nitrogens with two attached hydrogens (primary N) is 1. The van der Waals surface area contributed by atoms with Gasteiger partial charge in [0.15, 0.2) is 0 Å². The van der Waals surface area contributed by atoms with Gasteiger partial charge in [0.05, 0.1) is 6.04 Å². The maximum atomic E-state index is 10.7. The second kappa shape index (κ2) is 3.62. The molecule has 0 spiro atoms. The Labute approximate surface area is 57.9 Å². The molecule has 1 atom stereocenters. The van der Waals surface area contributed by atoms with E-state index >= 15 is 0 Å². The molecule has 0 aliphatic carbocycles. The topological polar surface area (TPSA) is 43.1 Å². The van der Waals surface area contributed by atoms with Gasteiger partial charge in [-0.3, -0.25) is 4.79 Å². The number of Topliss-reactive ketones (excluding diaryl/α,β-unsaturated/α-hetero) is 1. The van der Waals surface area contributed by atoms with E-state index in [0.29, 0.717) is 5.92 Å². The van der Waals surface area contributed by atoms with Crippen molar-refractivity contribution in [1.82, 2.24) is 0 Å². The van der Waals surface area contributed by atoms with Gasteiger partial charge in [0.2, 0.25) is 0 Å². The summed E-state index contributed by atoms with van der Waals surface area (Å²) < 4.78 is 6.81. The SMILES string of the molecule is [2H]NC(CC(C)C)C(C)=O. The second-order valence-electron chi connectivity index (χ2n) is 2.79. The second-order valence-corrected chi connectivity index (χ2v) is 2.79. The van der Waals surface area contributed by atoms with Crippen LogP contribution >= 0.6 is 0 Å². The zero-order valence-corrected chi connectivity index (χ0v) is 6.27. The average molecular weight is 130 g/mol. The summed E-state index contributed by atoms with van der Waals surface area (Å²) in [6.45, 7) is 5.58. The Morgan fingerprint density at radius 1 is 1.78 bits per heavy atom. The van der Waals surface area contributed by atoms with Gasteiger partial charge in [0.25, 0.3) is 0 Å². The van der Waals surface area contributed by atoms with E-state index < -0.39 is 0 Å². The number of carbonyl (C=O) groups is 1. The predicted molar refractivity (Wildman–Crippen MR) is 38.1 cm³/mol. The summed E-state index contributed by atoms with van der Waals surface area (Å²) in [4.78, 5) is 10.7. The van der Waals surface area contributed by atoms with Gasteiger partial charge in [0, 0.05) is 0 Å². The molecule has 0 fully saturated rings. The van der Waals surface area contributed by atoms with Crippen LogP contribution in [-0.2, 0) is 4.79 Å². The lowest BCUT2D eigenvalue weighted by Crippen LogP contribution is -2.29. The Balaban J connectivity index is 3.72. The van der Waals surface area contributed by atoms with Gasteiger partial charge >= 0.3 is 0 Å². The summed E-state index contributed by atoms with van der Waals surface area (Å²) in [6, 6.07) is -0.278. The molecule has 1 unspecified atom stereocenters. The van der Waals surface area contributed by atoms with Crippen LogP contribution < -0.4 is 5.73 Å². The van der Waals surface area contributed by atoms with Gasteiger partial charge < -0.3 is 5.73 Å². The third-order valence-electron chi connectivity index (χ3n) is 1.20. The van der Waals surface area contributed by atoms with Crippen LogP contribution in [0.15, 0.2) is 0 Å². The quantitative estimate of drug-likeness (QED) is 0.615. The first-order valence-electron chi connectivity index (χ1n) is 3.75. The molecule has 2 nitrogen and oxygen atoms in total. The van der Waals surface area contributed by atoms with E-state index in [0.717, 1.165) is 6.42 Å². The van der Waals surface area contributed by atoms with Gasteiger partial charge in [0.1, 0.15) is 7.20 Å². The first-order valence-corrected chi connectivity index (χ1v) is 3.25. The van der Waals surface area contributed by atoms with Gasteiger partial charge in [-0.1, -0.05) is 13.8 Å².